The largest absolute Gasteiger partial charge is 0.382 e. The molecule has 0 amide bonds. The molecular formula is C14H28N2S2. The standard InChI is InChI=1S/C12H20N2S2.C2H6.H2/c1-12(2,3)6-7-13-8-9(14(4)5)11(16)10(8)15;1-2;/h13H,6-7H2,1-5H3;1-2H3;1H. The first-order valence-electron chi connectivity index (χ1n) is 6.48. The Kier molecular flexibility index (Phi) is 7.00. The maximum Gasteiger partial charge on any atom is 0.0834 e. The average molecular weight is 289 g/mol. The topological polar surface area (TPSA) is 15.3 Å². The quantitative estimate of drug-likeness (QED) is 0.765. The third-order valence-corrected chi connectivity index (χ3v) is 3.44. The van der Waals surface area contributed by atoms with Gasteiger partial charge in [-0.3, -0.25) is 0 Å². The average Bonchev–Trinajstić information content (AvgIpc) is 2.27. The highest BCUT2D eigenvalue weighted by molar-refractivity contribution is 7.74. The molecule has 1 N–H and O–H groups in total. The Morgan fingerprint density at radius 3 is 2.00 bits per heavy atom. The van der Waals surface area contributed by atoms with Gasteiger partial charge in [0, 0.05) is 22.1 Å². The Labute approximate surface area is 124 Å². The van der Waals surface area contributed by atoms with Crippen molar-refractivity contribution in [3.63, 3.8) is 0 Å². The van der Waals surface area contributed by atoms with E-state index >= 15 is 0 Å². The first-order chi connectivity index (χ1) is 8.24. The van der Waals surface area contributed by atoms with E-state index in [1.165, 1.54) is 0 Å². The second kappa shape index (κ2) is 7.19. The van der Waals surface area contributed by atoms with Crippen molar-refractivity contribution < 1.29 is 1.43 Å². The Hall–Kier alpha value is -0.480. The first kappa shape index (κ1) is 17.5. The lowest BCUT2D eigenvalue weighted by Gasteiger charge is -2.24. The van der Waals surface area contributed by atoms with Crippen molar-refractivity contribution >= 4 is 35.8 Å². The molecule has 0 aliphatic rings. The molecular weight excluding hydrogens is 260 g/mol. The zero-order chi connectivity index (χ0) is 14.5. The summed E-state index contributed by atoms with van der Waals surface area (Å²) in [5.74, 6) is 0. The van der Waals surface area contributed by atoms with Crippen molar-refractivity contribution in [2.75, 3.05) is 30.9 Å². The second-order valence-corrected chi connectivity index (χ2v) is 6.33. The molecule has 0 aliphatic heterocycles. The van der Waals surface area contributed by atoms with Gasteiger partial charge in [-0.1, -0.05) is 59.1 Å². The van der Waals surface area contributed by atoms with Crippen molar-refractivity contribution in [1.29, 1.82) is 0 Å². The summed E-state index contributed by atoms with van der Waals surface area (Å²) in [7, 11) is 3.99. The summed E-state index contributed by atoms with van der Waals surface area (Å²) < 4.78 is 1.63. The molecule has 0 saturated carbocycles. The SMILES string of the molecule is CC.CN(C)c1c(NCCC(C)(C)C)c(=S)c1=S.[HH]. The number of rotatable bonds is 4. The summed E-state index contributed by atoms with van der Waals surface area (Å²) in [6, 6.07) is 0. The molecule has 0 unspecified atom stereocenters. The fourth-order valence-corrected chi connectivity index (χ4v) is 2.19. The van der Waals surface area contributed by atoms with Crippen molar-refractivity contribution in [2.24, 2.45) is 5.41 Å². The molecule has 0 aromatic heterocycles. The molecule has 0 radical (unpaired) electrons. The van der Waals surface area contributed by atoms with Crippen LogP contribution in [0.3, 0.4) is 0 Å². The van der Waals surface area contributed by atoms with Gasteiger partial charge in [0.25, 0.3) is 0 Å². The van der Waals surface area contributed by atoms with Crippen LogP contribution in [0.5, 0.6) is 0 Å². The van der Waals surface area contributed by atoms with Crippen molar-refractivity contribution in [1.82, 2.24) is 0 Å². The predicted octanol–water partition coefficient (Wildman–Crippen LogP) is 5.21. The lowest BCUT2D eigenvalue weighted by molar-refractivity contribution is 0.390. The van der Waals surface area contributed by atoms with E-state index in [2.05, 4.69) is 26.1 Å². The van der Waals surface area contributed by atoms with Crippen LogP contribution in [0.2, 0.25) is 0 Å². The van der Waals surface area contributed by atoms with Gasteiger partial charge in [-0.15, -0.1) is 0 Å². The van der Waals surface area contributed by atoms with Crippen molar-refractivity contribution in [3.8, 4) is 0 Å². The van der Waals surface area contributed by atoms with Crippen LogP contribution in [-0.2, 0) is 0 Å². The van der Waals surface area contributed by atoms with Gasteiger partial charge in [0.05, 0.1) is 20.4 Å². The van der Waals surface area contributed by atoms with Crippen LogP contribution in [0.4, 0.5) is 11.4 Å². The normalized spacial score (nSPS) is 10.8. The minimum atomic E-state index is 0. The Morgan fingerprint density at radius 2 is 1.61 bits per heavy atom. The molecule has 0 aliphatic carbocycles. The maximum absolute atomic E-state index is 5.24. The first-order valence-corrected chi connectivity index (χ1v) is 7.30. The van der Waals surface area contributed by atoms with Crippen LogP contribution in [-0.4, -0.2) is 20.6 Å². The zero-order valence-electron chi connectivity index (χ0n) is 12.7. The summed E-state index contributed by atoms with van der Waals surface area (Å²) in [5, 5.41) is 3.40. The van der Waals surface area contributed by atoms with Gasteiger partial charge < -0.3 is 10.2 Å². The fourth-order valence-electron chi connectivity index (χ4n) is 1.53. The third kappa shape index (κ3) is 4.65. The van der Waals surface area contributed by atoms with E-state index in [4.69, 9.17) is 24.4 Å². The molecule has 0 saturated heterocycles. The van der Waals surface area contributed by atoms with Gasteiger partial charge in [-0.05, 0) is 11.8 Å². The molecule has 2 nitrogen and oxygen atoms in total. The van der Waals surface area contributed by atoms with E-state index in [0.717, 1.165) is 33.4 Å². The minimum Gasteiger partial charge on any atom is -0.382 e. The van der Waals surface area contributed by atoms with E-state index in [0.29, 0.717) is 5.41 Å². The number of nitrogens with zero attached hydrogens (tertiary/aromatic N) is 1. The summed E-state index contributed by atoms with van der Waals surface area (Å²) in [6.07, 6.45) is 1.12. The molecule has 1 rings (SSSR count). The molecule has 0 heterocycles. The molecule has 4 heteroatoms. The fraction of sp³-hybridized carbons (Fsp3) is 0.714. The van der Waals surface area contributed by atoms with Crippen LogP contribution in [0.1, 0.15) is 42.5 Å². The number of anilines is 2. The third-order valence-electron chi connectivity index (χ3n) is 2.51. The molecule has 1 aromatic carbocycles. The van der Waals surface area contributed by atoms with Gasteiger partial charge in [0.2, 0.25) is 0 Å². The van der Waals surface area contributed by atoms with Crippen LogP contribution in [0.25, 0.3) is 0 Å². The van der Waals surface area contributed by atoms with Gasteiger partial charge in [-0.2, -0.15) is 0 Å². The Balaban J connectivity index is 0. The van der Waals surface area contributed by atoms with E-state index in [1.54, 1.807) is 0 Å². The van der Waals surface area contributed by atoms with E-state index in [9.17, 15) is 0 Å². The molecule has 106 valence electrons. The Bertz CT molecular complexity index is 441. The lowest BCUT2D eigenvalue weighted by atomic mass is 9.92. The number of hydrogen-bond acceptors (Lipinski definition) is 4. The minimum absolute atomic E-state index is 0. The highest BCUT2D eigenvalue weighted by Gasteiger charge is 2.17. The highest BCUT2D eigenvalue weighted by Crippen LogP contribution is 2.34. The molecule has 18 heavy (non-hydrogen) atoms. The van der Waals surface area contributed by atoms with Crippen molar-refractivity contribution in [3.05, 3.63) is 9.02 Å². The van der Waals surface area contributed by atoms with Gasteiger partial charge in [-0.25, -0.2) is 0 Å². The molecule has 0 spiro atoms. The van der Waals surface area contributed by atoms with Crippen LogP contribution in [0, 0.1) is 14.4 Å². The maximum atomic E-state index is 5.24. The van der Waals surface area contributed by atoms with Gasteiger partial charge in [0.15, 0.2) is 0 Å². The lowest BCUT2D eigenvalue weighted by Crippen LogP contribution is -2.18. The van der Waals surface area contributed by atoms with E-state index in [-0.39, 0.29) is 1.43 Å². The summed E-state index contributed by atoms with van der Waals surface area (Å²) in [5.41, 5.74) is 2.47. The van der Waals surface area contributed by atoms with Crippen LogP contribution in [0.15, 0.2) is 0 Å². The zero-order valence-corrected chi connectivity index (χ0v) is 14.3. The van der Waals surface area contributed by atoms with E-state index in [1.807, 2.05) is 32.8 Å². The summed E-state index contributed by atoms with van der Waals surface area (Å²) in [4.78, 5) is 2.03. The predicted molar refractivity (Wildman–Crippen MR) is 90.8 cm³/mol. The van der Waals surface area contributed by atoms with E-state index < -0.39 is 0 Å². The molecule has 1 aromatic rings. The number of hydrogen-bond donors (Lipinski definition) is 1. The van der Waals surface area contributed by atoms with Crippen LogP contribution < -0.4 is 10.2 Å². The number of nitrogens with one attached hydrogen (secondary N) is 1. The molecule has 0 atom stereocenters. The smallest absolute Gasteiger partial charge is 0.0834 e. The summed E-state index contributed by atoms with van der Waals surface area (Å²) >= 11 is 10.5. The van der Waals surface area contributed by atoms with Crippen molar-refractivity contribution in [2.45, 2.75) is 41.0 Å². The monoisotopic (exact) mass is 288 g/mol. The second-order valence-electron chi connectivity index (χ2n) is 5.51. The van der Waals surface area contributed by atoms with Gasteiger partial charge in [0.1, 0.15) is 0 Å². The van der Waals surface area contributed by atoms with Gasteiger partial charge >= 0.3 is 0 Å². The highest BCUT2D eigenvalue weighted by atomic mass is 32.1. The Morgan fingerprint density at radius 1 is 1.11 bits per heavy atom. The molecule has 0 bridgehead atoms. The van der Waals surface area contributed by atoms with Crippen LogP contribution >= 0.6 is 24.4 Å². The molecule has 0 fully saturated rings. The summed E-state index contributed by atoms with van der Waals surface area (Å²) in [6.45, 7) is 11.7.